The van der Waals surface area contributed by atoms with Crippen LogP contribution in [0.1, 0.15) is 6.42 Å². The summed E-state index contributed by atoms with van der Waals surface area (Å²) in [5.74, 6) is -0.491. The van der Waals surface area contributed by atoms with E-state index in [0.717, 1.165) is 4.47 Å². The van der Waals surface area contributed by atoms with Crippen LogP contribution in [-0.4, -0.2) is 12.5 Å². The summed E-state index contributed by atoms with van der Waals surface area (Å²) in [7, 11) is 0. The molecule has 0 aromatic heterocycles. The van der Waals surface area contributed by atoms with E-state index in [9.17, 15) is 4.79 Å². The largest absolute Gasteiger partial charge is 0.389 e. The van der Waals surface area contributed by atoms with Gasteiger partial charge in [-0.2, -0.15) is 10.5 Å². The van der Waals surface area contributed by atoms with E-state index in [0.29, 0.717) is 18.7 Å². The van der Waals surface area contributed by atoms with E-state index in [1.54, 1.807) is 30.3 Å². The van der Waals surface area contributed by atoms with Crippen molar-refractivity contribution in [3.8, 4) is 12.1 Å². The number of carbonyl (C=O) groups is 1. The molecule has 1 rings (SSSR count). The lowest BCUT2D eigenvalue weighted by Crippen LogP contribution is -2.17. The van der Waals surface area contributed by atoms with Gasteiger partial charge in [0.15, 0.2) is 0 Å². The number of hydrogen-bond donors (Lipinski definition) is 2. The minimum atomic E-state index is -0.491. The number of anilines is 1. The molecule has 0 fully saturated rings. The minimum absolute atomic E-state index is 0.0409. The molecule has 1 amide bonds. The molecule has 2 N–H and O–H groups in total. The first-order valence-electron chi connectivity index (χ1n) is 5.45. The van der Waals surface area contributed by atoms with Gasteiger partial charge in [0.2, 0.25) is 0 Å². The van der Waals surface area contributed by atoms with Crippen molar-refractivity contribution in [3.05, 3.63) is 40.5 Å². The molecule has 0 aliphatic heterocycles. The molecular formula is C13H11BrN4O. The third-order valence-corrected chi connectivity index (χ3v) is 2.62. The second kappa shape index (κ2) is 7.91. The summed E-state index contributed by atoms with van der Waals surface area (Å²) >= 11 is 3.29. The minimum Gasteiger partial charge on any atom is -0.389 e. The normalized spacial score (nSPS) is 10.2. The predicted molar refractivity (Wildman–Crippen MR) is 74.7 cm³/mol. The van der Waals surface area contributed by atoms with E-state index in [-0.39, 0.29) is 5.57 Å². The number of amides is 1. The summed E-state index contributed by atoms with van der Waals surface area (Å²) in [4.78, 5) is 11.8. The number of rotatable bonds is 5. The van der Waals surface area contributed by atoms with Gasteiger partial charge in [0, 0.05) is 22.9 Å². The molecule has 1 aromatic rings. The van der Waals surface area contributed by atoms with Gasteiger partial charge in [-0.3, -0.25) is 4.79 Å². The van der Waals surface area contributed by atoms with Gasteiger partial charge in [0.25, 0.3) is 5.91 Å². The summed E-state index contributed by atoms with van der Waals surface area (Å²) in [5, 5.41) is 22.6. The van der Waals surface area contributed by atoms with Crippen molar-refractivity contribution in [1.82, 2.24) is 5.32 Å². The maximum Gasteiger partial charge on any atom is 0.267 e. The SMILES string of the molecule is N#CCCN/C=C(/C#N)C(=O)Nc1ccc(Br)cc1. The van der Waals surface area contributed by atoms with Gasteiger partial charge in [-0.15, -0.1) is 0 Å². The molecule has 0 saturated carbocycles. The van der Waals surface area contributed by atoms with Crippen LogP contribution < -0.4 is 10.6 Å². The zero-order chi connectivity index (χ0) is 14.1. The van der Waals surface area contributed by atoms with E-state index < -0.39 is 5.91 Å². The number of hydrogen-bond acceptors (Lipinski definition) is 4. The highest BCUT2D eigenvalue weighted by Gasteiger charge is 2.08. The summed E-state index contributed by atoms with van der Waals surface area (Å²) in [6.07, 6.45) is 1.62. The van der Waals surface area contributed by atoms with Gasteiger partial charge in [0.05, 0.1) is 12.5 Å². The molecule has 0 bridgehead atoms. The third-order valence-electron chi connectivity index (χ3n) is 2.09. The van der Waals surface area contributed by atoms with Crippen LogP contribution in [0.5, 0.6) is 0 Å². The van der Waals surface area contributed by atoms with Gasteiger partial charge in [-0.1, -0.05) is 15.9 Å². The topological polar surface area (TPSA) is 88.7 Å². The Kier molecular flexibility index (Phi) is 6.14. The number of nitriles is 2. The fourth-order valence-corrected chi connectivity index (χ4v) is 1.45. The molecule has 0 heterocycles. The van der Waals surface area contributed by atoms with E-state index in [1.165, 1.54) is 6.20 Å². The maximum absolute atomic E-state index is 11.8. The number of nitrogens with one attached hydrogen (secondary N) is 2. The lowest BCUT2D eigenvalue weighted by molar-refractivity contribution is -0.112. The lowest BCUT2D eigenvalue weighted by atomic mass is 10.2. The Morgan fingerprint density at radius 2 is 2.00 bits per heavy atom. The average Bonchev–Trinajstić information content (AvgIpc) is 2.41. The Morgan fingerprint density at radius 1 is 1.32 bits per heavy atom. The molecule has 0 radical (unpaired) electrons. The Labute approximate surface area is 119 Å². The lowest BCUT2D eigenvalue weighted by Gasteiger charge is -2.04. The van der Waals surface area contributed by atoms with Crippen molar-refractivity contribution >= 4 is 27.5 Å². The highest BCUT2D eigenvalue weighted by molar-refractivity contribution is 9.10. The summed E-state index contributed by atoms with van der Waals surface area (Å²) < 4.78 is 0.903. The Bertz CT molecular complexity index is 551. The van der Waals surface area contributed by atoms with Gasteiger partial charge in [-0.05, 0) is 24.3 Å². The van der Waals surface area contributed by atoms with Gasteiger partial charge < -0.3 is 10.6 Å². The van der Waals surface area contributed by atoms with Crippen LogP contribution in [0, 0.1) is 22.7 Å². The Balaban J connectivity index is 2.62. The molecule has 0 atom stereocenters. The predicted octanol–water partition coefficient (Wildman–Crippen LogP) is 2.30. The fraction of sp³-hybridized carbons (Fsp3) is 0.154. The van der Waals surface area contributed by atoms with Crippen LogP contribution in [-0.2, 0) is 4.79 Å². The van der Waals surface area contributed by atoms with Crippen LogP contribution in [0.2, 0.25) is 0 Å². The first-order valence-corrected chi connectivity index (χ1v) is 6.24. The average molecular weight is 319 g/mol. The van der Waals surface area contributed by atoms with Crippen molar-refractivity contribution < 1.29 is 4.79 Å². The summed E-state index contributed by atoms with van der Waals surface area (Å²) in [6, 6.07) is 10.8. The van der Waals surface area contributed by atoms with Crippen molar-refractivity contribution in [2.24, 2.45) is 0 Å². The standard InChI is InChI=1S/C13H11BrN4O/c14-11-2-4-12(5-3-11)18-13(19)10(8-16)9-17-7-1-6-15/h2-5,9,17H,1,7H2,(H,18,19)/b10-9-. The molecule has 6 heteroatoms. The molecule has 5 nitrogen and oxygen atoms in total. The monoisotopic (exact) mass is 318 g/mol. The van der Waals surface area contributed by atoms with Crippen molar-refractivity contribution in [1.29, 1.82) is 10.5 Å². The quantitative estimate of drug-likeness (QED) is 0.495. The van der Waals surface area contributed by atoms with Crippen molar-refractivity contribution in [2.75, 3.05) is 11.9 Å². The number of halogens is 1. The van der Waals surface area contributed by atoms with Crippen LogP contribution in [0.25, 0.3) is 0 Å². The second-order valence-corrected chi connectivity index (χ2v) is 4.41. The van der Waals surface area contributed by atoms with Gasteiger partial charge >= 0.3 is 0 Å². The van der Waals surface area contributed by atoms with E-state index in [1.807, 2.05) is 6.07 Å². The zero-order valence-electron chi connectivity index (χ0n) is 9.98. The molecule has 19 heavy (non-hydrogen) atoms. The number of nitrogens with zero attached hydrogens (tertiary/aromatic N) is 2. The summed E-state index contributed by atoms with van der Waals surface area (Å²) in [5.41, 5.74) is 0.562. The molecule has 1 aromatic carbocycles. The third kappa shape index (κ3) is 5.24. The molecule has 0 saturated heterocycles. The van der Waals surface area contributed by atoms with Crippen LogP contribution in [0.3, 0.4) is 0 Å². The fourth-order valence-electron chi connectivity index (χ4n) is 1.18. The number of benzene rings is 1. The molecular weight excluding hydrogens is 308 g/mol. The Morgan fingerprint density at radius 3 is 2.58 bits per heavy atom. The number of carbonyl (C=O) groups excluding carboxylic acids is 1. The van der Waals surface area contributed by atoms with Gasteiger partial charge in [-0.25, -0.2) is 0 Å². The molecule has 0 aliphatic carbocycles. The maximum atomic E-state index is 11.8. The highest BCUT2D eigenvalue weighted by atomic mass is 79.9. The molecule has 0 aliphatic rings. The first kappa shape index (κ1) is 14.7. The zero-order valence-corrected chi connectivity index (χ0v) is 11.6. The van der Waals surface area contributed by atoms with Gasteiger partial charge in [0.1, 0.15) is 11.6 Å². The van der Waals surface area contributed by atoms with Crippen LogP contribution in [0.15, 0.2) is 40.5 Å². The van der Waals surface area contributed by atoms with E-state index in [4.69, 9.17) is 10.5 Å². The highest BCUT2D eigenvalue weighted by Crippen LogP contribution is 2.14. The second-order valence-electron chi connectivity index (χ2n) is 3.49. The molecule has 96 valence electrons. The van der Waals surface area contributed by atoms with E-state index >= 15 is 0 Å². The Hall–Kier alpha value is -2.31. The molecule has 0 spiro atoms. The first-order chi connectivity index (χ1) is 9.17. The van der Waals surface area contributed by atoms with Crippen LogP contribution >= 0.6 is 15.9 Å². The summed E-state index contributed by atoms with van der Waals surface area (Å²) in [6.45, 7) is 0.396. The van der Waals surface area contributed by atoms with Crippen molar-refractivity contribution in [3.63, 3.8) is 0 Å². The smallest absolute Gasteiger partial charge is 0.267 e. The van der Waals surface area contributed by atoms with E-state index in [2.05, 4.69) is 26.6 Å². The van der Waals surface area contributed by atoms with Crippen molar-refractivity contribution in [2.45, 2.75) is 6.42 Å². The van der Waals surface area contributed by atoms with Crippen LogP contribution in [0.4, 0.5) is 5.69 Å². The molecule has 0 unspecified atom stereocenters.